The van der Waals surface area contributed by atoms with Gasteiger partial charge in [-0.25, -0.2) is 4.79 Å². The van der Waals surface area contributed by atoms with Gasteiger partial charge in [0.15, 0.2) is 0 Å². The van der Waals surface area contributed by atoms with E-state index in [0.717, 1.165) is 51.4 Å². The van der Waals surface area contributed by atoms with Crippen molar-refractivity contribution in [2.45, 2.75) is 110 Å². The third kappa shape index (κ3) is 6.43. The Kier molecular flexibility index (Phi) is 7.74. The molecule has 0 aliphatic heterocycles. The smallest absolute Gasteiger partial charge is 0.348 e. The van der Waals surface area contributed by atoms with Crippen LogP contribution in [0.4, 0.5) is 5.69 Å². The molecule has 6 heteroatoms. The zero-order valence-corrected chi connectivity index (χ0v) is 21.9. The highest BCUT2D eigenvalue weighted by Gasteiger charge is 2.38. The van der Waals surface area contributed by atoms with Crippen molar-refractivity contribution in [3.05, 3.63) is 15.8 Å². The van der Waals surface area contributed by atoms with E-state index in [1.165, 1.54) is 24.2 Å². The number of amides is 1. The lowest BCUT2D eigenvalue weighted by Crippen LogP contribution is -2.47. The number of rotatable bonds is 6. The normalized spacial score (nSPS) is 27.5. The molecule has 3 aliphatic carbocycles. The topological polar surface area (TPSA) is 66.8 Å². The highest BCUT2D eigenvalue weighted by Crippen LogP contribution is 2.40. The molecule has 0 bridgehead atoms. The number of carbonyl (C=O) groups excluding carboxylic acids is 1. The molecule has 1 N–H and O–H groups in total. The Hall–Kier alpha value is -1.84. The Balaban J connectivity index is 1.63. The highest BCUT2D eigenvalue weighted by atomic mass is 32.1. The minimum atomic E-state index is -0.982. The first-order valence-electron chi connectivity index (χ1n) is 13.0. The molecule has 1 aromatic rings. The number of hydrogen-bond acceptors (Lipinski definition) is 4. The molecule has 0 spiro atoms. The number of carboxylic acid groups (broad SMARTS) is 1. The number of nitrogens with zero attached hydrogens (tertiary/aromatic N) is 1. The van der Waals surface area contributed by atoms with Crippen LogP contribution in [-0.2, 0) is 9.53 Å². The molecule has 0 saturated heterocycles. The summed E-state index contributed by atoms with van der Waals surface area (Å²) in [7, 11) is 0. The number of aromatic carboxylic acids is 1. The van der Waals surface area contributed by atoms with Gasteiger partial charge >= 0.3 is 5.97 Å². The van der Waals surface area contributed by atoms with Gasteiger partial charge in [0.1, 0.15) is 4.88 Å². The van der Waals surface area contributed by atoms with Crippen molar-refractivity contribution < 1.29 is 19.4 Å². The van der Waals surface area contributed by atoms with E-state index in [1.807, 2.05) is 31.7 Å². The van der Waals surface area contributed by atoms with E-state index in [-0.39, 0.29) is 34.3 Å². The Bertz CT molecular complexity index is 945. The molecule has 1 amide bonds. The van der Waals surface area contributed by atoms with Gasteiger partial charge in [0.2, 0.25) is 5.91 Å². The molecule has 0 unspecified atom stereocenters. The lowest BCUT2D eigenvalue weighted by molar-refractivity contribution is -0.124. The summed E-state index contributed by atoms with van der Waals surface area (Å²) in [5.41, 5.74) is 0.368. The van der Waals surface area contributed by atoms with Gasteiger partial charge < -0.3 is 14.7 Å². The van der Waals surface area contributed by atoms with E-state index in [4.69, 9.17) is 4.74 Å². The maximum atomic E-state index is 13.9. The Labute approximate surface area is 208 Å². The van der Waals surface area contributed by atoms with E-state index in [0.29, 0.717) is 22.6 Å². The van der Waals surface area contributed by atoms with Crippen LogP contribution in [0.25, 0.3) is 0 Å². The number of anilines is 1. The standard InChI is InChI=1S/C28H39NO4S/c1-18-5-7-19(8-6-18)26(30)29(20-9-11-21(12-10-20)33-22-13-14-22)24-17-23(15-16-28(2,3)4)34-25(24)27(31)32/h17-22H,5-14H2,1-4H3,(H,31,32)/t18-,19-,20?,21?. The average molecular weight is 486 g/mol. The van der Waals surface area contributed by atoms with Gasteiger partial charge in [-0.3, -0.25) is 4.79 Å². The van der Waals surface area contributed by atoms with Gasteiger partial charge in [0.05, 0.1) is 22.8 Å². The quantitative estimate of drug-likeness (QED) is 0.468. The zero-order valence-electron chi connectivity index (χ0n) is 21.1. The number of hydrogen-bond donors (Lipinski definition) is 1. The van der Waals surface area contributed by atoms with Crippen molar-refractivity contribution in [3.8, 4) is 11.8 Å². The summed E-state index contributed by atoms with van der Waals surface area (Å²) in [6.07, 6.45) is 10.5. The summed E-state index contributed by atoms with van der Waals surface area (Å²) in [6.45, 7) is 8.36. The fraction of sp³-hybridized carbons (Fsp3) is 0.714. The highest BCUT2D eigenvalue weighted by molar-refractivity contribution is 7.15. The van der Waals surface area contributed by atoms with Crippen molar-refractivity contribution in [1.29, 1.82) is 0 Å². The molecule has 186 valence electrons. The van der Waals surface area contributed by atoms with Crippen LogP contribution in [0, 0.1) is 29.1 Å². The van der Waals surface area contributed by atoms with Crippen LogP contribution < -0.4 is 4.90 Å². The van der Waals surface area contributed by atoms with Crippen LogP contribution in [-0.4, -0.2) is 35.2 Å². The predicted molar refractivity (Wildman–Crippen MR) is 136 cm³/mol. The molecule has 3 saturated carbocycles. The Morgan fingerprint density at radius 2 is 1.59 bits per heavy atom. The predicted octanol–water partition coefficient (Wildman–Crippen LogP) is 6.49. The van der Waals surface area contributed by atoms with Crippen LogP contribution in [0.15, 0.2) is 6.07 Å². The Morgan fingerprint density at radius 3 is 2.12 bits per heavy atom. The molecule has 0 radical (unpaired) electrons. The van der Waals surface area contributed by atoms with Gasteiger partial charge in [-0.15, -0.1) is 11.3 Å². The summed E-state index contributed by atoms with van der Waals surface area (Å²) < 4.78 is 6.14. The van der Waals surface area contributed by atoms with Crippen LogP contribution in [0.1, 0.15) is 106 Å². The molecular weight excluding hydrogens is 446 g/mol. The van der Waals surface area contributed by atoms with Crippen molar-refractivity contribution >= 4 is 28.9 Å². The van der Waals surface area contributed by atoms with Crippen molar-refractivity contribution in [2.75, 3.05) is 4.90 Å². The minimum Gasteiger partial charge on any atom is -0.477 e. The monoisotopic (exact) mass is 485 g/mol. The molecule has 5 nitrogen and oxygen atoms in total. The average Bonchev–Trinajstić information content (AvgIpc) is 3.49. The summed E-state index contributed by atoms with van der Waals surface area (Å²) in [4.78, 5) is 29.0. The lowest BCUT2D eigenvalue weighted by atomic mass is 9.81. The number of carbonyl (C=O) groups is 2. The molecular formula is C28H39NO4S. The molecule has 1 aromatic heterocycles. The van der Waals surface area contributed by atoms with E-state index in [1.54, 1.807) is 0 Å². The maximum Gasteiger partial charge on any atom is 0.348 e. The second kappa shape index (κ2) is 10.4. The maximum absolute atomic E-state index is 13.9. The van der Waals surface area contributed by atoms with Crippen LogP contribution in [0.3, 0.4) is 0 Å². The summed E-state index contributed by atoms with van der Waals surface area (Å²) >= 11 is 1.19. The summed E-state index contributed by atoms with van der Waals surface area (Å²) in [6, 6.07) is 1.87. The number of thiophene rings is 1. The van der Waals surface area contributed by atoms with E-state index in [2.05, 4.69) is 18.8 Å². The second-order valence-electron chi connectivity index (χ2n) is 11.6. The van der Waals surface area contributed by atoms with Gasteiger partial charge in [0.25, 0.3) is 0 Å². The summed E-state index contributed by atoms with van der Waals surface area (Å²) in [5, 5.41) is 10.0. The van der Waals surface area contributed by atoms with Crippen LogP contribution in [0.2, 0.25) is 0 Å². The van der Waals surface area contributed by atoms with Crippen LogP contribution >= 0.6 is 11.3 Å². The van der Waals surface area contributed by atoms with Gasteiger partial charge in [-0.1, -0.05) is 18.8 Å². The SMILES string of the molecule is CC(C)(C)C#Cc1cc(N(C(=O)[C@H]2CC[C@H](C)CC2)C2CCC(OC3CC3)CC2)c(C(=O)O)s1. The largest absolute Gasteiger partial charge is 0.477 e. The third-order valence-corrected chi connectivity index (χ3v) is 8.28. The Morgan fingerprint density at radius 1 is 1.00 bits per heavy atom. The fourth-order valence-corrected chi connectivity index (χ4v) is 5.98. The van der Waals surface area contributed by atoms with Gasteiger partial charge in [-0.05, 0) is 97.0 Å². The van der Waals surface area contributed by atoms with E-state index >= 15 is 0 Å². The van der Waals surface area contributed by atoms with Crippen molar-refractivity contribution in [3.63, 3.8) is 0 Å². The first kappa shape index (κ1) is 25.3. The fourth-order valence-electron chi connectivity index (χ4n) is 5.14. The van der Waals surface area contributed by atoms with Gasteiger partial charge in [0, 0.05) is 17.4 Å². The molecule has 0 atom stereocenters. The first-order chi connectivity index (χ1) is 16.1. The molecule has 1 heterocycles. The van der Waals surface area contributed by atoms with Crippen molar-refractivity contribution in [2.24, 2.45) is 17.3 Å². The van der Waals surface area contributed by atoms with Crippen LogP contribution in [0.5, 0.6) is 0 Å². The lowest BCUT2D eigenvalue weighted by Gasteiger charge is -2.39. The molecule has 4 rings (SSSR count). The zero-order chi connectivity index (χ0) is 24.5. The van der Waals surface area contributed by atoms with E-state index < -0.39 is 5.97 Å². The third-order valence-electron chi connectivity index (χ3n) is 7.25. The summed E-state index contributed by atoms with van der Waals surface area (Å²) in [5.74, 6) is 6.13. The van der Waals surface area contributed by atoms with Gasteiger partial charge in [-0.2, -0.15) is 0 Å². The van der Waals surface area contributed by atoms with Crippen molar-refractivity contribution in [1.82, 2.24) is 0 Å². The number of carboxylic acids is 1. The molecule has 0 aromatic carbocycles. The molecule has 3 aliphatic rings. The number of ether oxygens (including phenoxy) is 1. The second-order valence-corrected chi connectivity index (χ2v) is 12.6. The molecule has 34 heavy (non-hydrogen) atoms. The molecule has 3 fully saturated rings. The first-order valence-corrected chi connectivity index (χ1v) is 13.8. The minimum absolute atomic E-state index is 0.0158. The van der Waals surface area contributed by atoms with E-state index in [9.17, 15) is 14.7 Å².